The first-order chi connectivity index (χ1) is 9.56. The van der Waals surface area contributed by atoms with E-state index in [0.717, 1.165) is 0 Å². The SMILES string of the molecule is COc1ccc(OCCC(=O)N[C@H](CO)C(=O)O)cc1. The van der Waals surface area contributed by atoms with E-state index in [0.29, 0.717) is 11.5 Å². The number of aliphatic hydroxyl groups excluding tert-OH is 1. The molecule has 20 heavy (non-hydrogen) atoms. The van der Waals surface area contributed by atoms with E-state index in [1.165, 1.54) is 0 Å². The lowest BCUT2D eigenvalue weighted by atomic mass is 10.3. The molecule has 1 aromatic carbocycles. The van der Waals surface area contributed by atoms with Gasteiger partial charge < -0.3 is 25.0 Å². The molecule has 0 heterocycles. The van der Waals surface area contributed by atoms with Crippen LogP contribution in [0.25, 0.3) is 0 Å². The summed E-state index contributed by atoms with van der Waals surface area (Å²) < 4.78 is 10.3. The molecule has 3 N–H and O–H groups in total. The zero-order valence-electron chi connectivity index (χ0n) is 11.0. The van der Waals surface area contributed by atoms with Gasteiger partial charge in [-0.1, -0.05) is 0 Å². The van der Waals surface area contributed by atoms with E-state index in [1.54, 1.807) is 31.4 Å². The number of hydrogen-bond acceptors (Lipinski definition) is 5. The number of ether oxygens (including phenoxy) is 2. The summed E-state index contributed by atoms with van der Waals surface area (Å²) in [5.74, 6) is -0.505. The van der Waals surface area contributed by atoms with Crippen LogP contribution in [-0.4, -0.2) is 48.5 Å². The third kappa shape index (κ3) is 5.15. The van der Waals surface area contributed by atoms with Crippen LogP contribution in [0.1, 0.15) is 6.42 Å². The maximum absolute atomic E-state index is 11.4. The molecule has 1 amide bonds. The number of methoxy groups -OCH3 is 1. The van der Waals surface area contributed by atoms with Gasteiger partial charge in [-0.15, -0.1) is 0 Å². The molecule has 110 valence electrons. The van der Waals surface area contributed by atoms with Crippen LogP contribution < -0.4 is 14.8 Å². The maximum atomic E-state index is 11.4. The Morgan fingerprint density at radius 3 is 2.35 bits per heavy atom. The molecular weight excluding hydrogens is 266 g/mol. The van der Waals surface area contributed by atoms with Crippen molar-refractivity contribution < 1.29 is 29.3 Å². The van der Waals surface area contributed by atoms with Crippen LogP contribution in [-0.2, 0) is 9.59 Å². The molecule has 7 heteroatoms. The average molecular weight is 283 g/mol. The predicted octanol–water partition coefficient (Wildman–Crippen LogP) is 0.0258. The van der Waals surface area contributed by atoms with Crippen molar-refractivity contribution in [1.82, 2.24) is 5.32 Å². The van der Waals surface area contributed by atoms with Gasteiger partial charge in [0.05, 0.1) is 26.7 Å². The monoisotopic (exact) mass is 283 g/mol. The second kappa shape index (κ2) is 8.00. The van der Waals surface area contributed by atoms with E-state index in [2.05, 4.69) is 5.32 Å². The molecule has 0 spiro atoms. The predicted molar refractivity (Wildman–Crippen MR) is 69.8 cm³/mol. The van der Waals surface area contributed by atoms with Gasteiger partial charge in [-0.2, -0.15) is 0 Å². The number of nitrogens with one attached hydrogen (secondary N) is 1. The van der Waals surface area contributed by atoms with Crippen molar-refractivity contribution in [2.45, 2.75) is 12.5 Å². The Balaban J connectivity index is 2.32. The van der Waals surface area contributed by atoms with Crippen molar-refractivity contribution in [3.8, 4) is 11.5 Å². The molecule has 0 unspecified atom stereocenters. The summed E-state index contributed by atoms with van der Waals surface area (Å²) in [4.78, 5) is 22.0. The van der Waals surface area contributed by atoms with Crippen LogP contribution in [0.5, 0.6) is 11.5 Å². The Kier molecular flexibility index (Phi) is 6.31. The first-order valence-electron chi connectivity index (χ1n) is 5.96. The highest BCUT2D eigenvalue weighted by atomic mass is 16.5. The summed E-state index contributed by atoms with van der Waals surface area (Å²) in [7, 11) is 1.56. The summed E-state index contributed by atoms with van der Waals surface area (Å²) in [6, 6.07) is 5.56. The van der Waals surface area contributed by atoms with Crippen molar-refractivity contribution >= 4 is 11.9 Å². The quantitative estimate of drug-likeness (QED) is 0.621. The molecule has 1 rings (SSSR count). The van der Waals surface area contributed by atoms with Crippen LogP contribution in [0.15, 0.2) is 24.3 Å². The van der Waals surface area contributed by atoms with Gasteiger partial charge in [0.15, 0.2) is 0 Å². The normalized spacial score (nSPS) is 11.5. The molecule has 7 nitrogen and oxygen atoms in total. The Bertz CT molecular complexity index is 445. The van der Waals surface area contributed by atoms with Gasteiger partial charge in [-0.05, 0) is 24.3 Å². The standard InChI is InChI=1S/C13H17NO6/c1-19-9-2-4-10(5-3-9)20-7-6-12(16)14-11(8-15)13(17)18/h2-5,11,15H,6-8H2,1H3,(H,14,16)(H,17,18)/t11-/m1/s1. The topological polar surface area (TPSA) is 105 Å². The summed E-state index contributed by atoms with van der Waals surface area (Å²) in [5, 5.41) is 19.6. The van der Waals surface area contributed by atoms with Crippen LogP contribution in [0, 0.1) is 0 Å². The van der Waals surface area contributed by atoms with Crippen molar-refractivity contribution in [2.24, 2.45) is 0 Å². The lowest BCUT2D eigenvalue weighted by molar-refractivity contribution is -0.143. The highest BCUT2D eigenvalue weighted by Gasteiger charge is 2.18. The molecule has 0 aliphatic heterocycles. The summed E-state index contributed by atoms with van der Waals surface area (Å²) in [6.07, 6.45) is -0.00416. The molecule has 0 aliphatic carbocycles. The molecule has 1 aromatic rings. The van der Waals surface area contributed by atoms with Crippen LogP contribution in [0.4, 0.5) is 0 Å². The number of hydrogen-bond donors (Lipinski definition) is 3. The molecule has 0 aliphatic rings. The Hall–Kier alpha value is -2.28. The van der Waals surface area contributed by atoms with Gasteiger partial charge >= 0.3 is 5.97 Å². The zero-order chi connectivity index (χ0) is 15.0. The second-order valence-corrected chi connectivity index (χ2v) is 3.91. The first kappa shape index (κ1) is 15.8. The highest BCUT2D eigenvalue weighted by Crippen LogP contribution is 2.16. The van der Waals surface area contributed by atoms with Crippen LogP contribution in [0.2, 0.25) is 0 Å². The smallest absolute Gasteiger partial charge is 0.328 e. The number of carbonyl (C=O) groups is 2. The molecule has 1 atom stereocenters. The fourth-order valence-corrected chi connectivity index (χ4v) is 1.39. The number of aliphatic carboxylic acids is 1. The number of aliphatic hydroxyl groups is 1. The largest absolute Gasteiger partial charge is 0.497 e. The van der Waals surface area contributed by atoms with Gasteiger partial charge in [-0.3, -0.25) is 4.79 Å². The molecule has 0 bridgehead atoms. The Morgan fingerprint density at radius 2 is 1.85 bits per heavy atom. The number of benzene rings is 1. The number of carboxylic acids is 1. The van der Waals surface area contributed by atoms with E-state index >= 15 is 0 Å². The molecular formula is C13H17NO6. The highest BCUT2D eigenvalue weighted by molar-refractivity contribution is 5.83. The molecule has 0 fully saturated rings. The molecule has 0 aromatic heterocycles. The average Bonchev–Trinajstić information content (AvgIpc) is 2.45. The van der Waals surface area contributed by atoms with Gasteiger partial charge in [-0.25, -0.2) is 4.79 Å². The van der Waals surface area contributed by atoms with E-state index in [-0.39, 0.29) is 13.0 Å². The van der Waals surface area contributed by atoms with E-state index < -0.39 is 24.5 Å². The van der Waals surface area contributed by atoms with Gasteiger partial charge in [0.1, 0.15) is 17.5 Å². The third-order valence-electron chi connectivity index (χ3n) is 2.47. The number of rotatable bonds is 8. The molecule has 0 saturated heterocycles. The lowest BCUT2D eigenvalue weighted by Crippen LogP contribution is -2.43. The van der Waals surface area contributed by atoms with E-state index in [9.17, 15) is 9.59 Å². The van der Waals surface area contributed by atoms with Crippen molar-refractivity contribution in [3.05, 3.63) is 24.3 Å². The van der Waals surface area contributed by atoms with Gasteiger partial charge in [0.25, 0.3) is 0 Å². The maximum Gasteiger partial charge on any atom is 0.328 e. The number of amides is 1. The zero-order valence-corrected chi connectivity index (χ0v) is 11.0. The summed E-state index contributed by atoms with van der Waals surface area (Å²) in [5.41, 5.74) is 0. The van der Waals surface area contributed by atoms with Crippen molar-refractivity contribution in [1.29, 1.82) is 0 Å². The Morgan fingerprint density at radius 1 is 1.25 bits per heavy atom. The lowest BCUT2D eigenvalue weighted by Gasteiger charge is -2.12. The van der Waals surface area contributed by atoms with Gasteiger partial charge in [0, 0.05) is 0 Å². The number of carbonyl (C=O) groups excluding carboxylic acids is 1. The van der Waals surface area contributed by atoms with Crippen molar-refractivity contribution in [3.63, 3.8) is 0 Å². The van der Waals surface area contributed by atoms with Crippen molar-refractivity contribution in [2.75, 3.05) is 20.3 Å². The third-order valence-corrected chi connectivity index (χ3v) is 2.47. The van der Waals surface area contributed by atoms with Gasteiger partial charge in [0.2, 0.25) is 5.91 Å². The molecule has 0 saturated carbocycles. The summed E-state index contributed by atoms with van der Waals surface area (Å²) in [6.45, 7) is -0.545. The summed E-state index contributed by atoms with van der Waals surface area (Å²) >= 11 is 0. The Labute approximate surface area is 116 Å². The number of carboxylic acid groups (broad SMARTS) is 1. The fraction of sp³-hybridized carbons (Fsp3) is 0.385. The first-order valence-corrected chi connectivity index (χ1v) is 5.96. The van der Waals surface area contributed by atoms with Crippen LogP contribution >= 0.6 is 0 Å². The minimum absolute atomic E-state index is 0.00416. The minimum Gasteiger partial charge on any atom is -0.497 e. The fourth-order valence-electron chi connectivity index (χ4n) is 1.39. The second-order valence-electron chi connectivity index (χ2n) is 3.91. The minimum atomic E-state index is -1.29. The van der Waals surface area contributed by atoms with E-state index in [4.69, 9.17) is 19.7 Å². The molecule has 0 radical (unpaired) electrons. The van der Waals surface area contributed by atoms with E-state index in [1.807, 2.05) is 0 Å². The van der Waals surface area contributed by atoms with Crippen LogP contribution in [0.3, 0.4) is 0 Å².